The fourth-order valence-corrected chi connectivity index (χ4v) is 3.25. The highest BCUT2D eigenvalue weighted by Crippen LogP contribution is 2.28. The van der Waals surface area contributed by atoms with Crippen LogP contribution in [-0.2, 0) is 0 Å². The standard InChI is InChI=1S/C18H15F2N3OS/c1-10(16(24)11-7-8-13(19)14(20)9-11)25-18-22-15-6-4-3-5-12(15)17(21-2)23-18/h3-10H,1-2H3,(H,21,22,23). The minimum Gasteiger partial charge on any atom is -0.372 e. The maximum absolute atomic E-state index is 13.3. The summed E-state index contributed by atoms with van der Waals surface area (Å²) in [5.41, 5.74) is 0.880. The SMILES string of the molecule is CNc1nc(SC(C)C(=O)c2ccc(F)c(F)c2)nc2ccccc12. The largest absolute Gasteiger partial charge is 0.372 e. The Kier molecular flexibility index (Phi) is 4.94. The Morgan fingerprint density at radius 2 is 1.88 bits per heavy atom. The first-order chi connectivity index (χ1) is 12.0. The molecule has 3 rings (SSSR count). The van der Waals surface area contributed by atoms with Crippen molar-refractivity contribution in [2.75, 3.05) is 12.4 Å². The van der Waals surface area contributed by atoms with Crippen LogP contribution in [0.2, 0.25) is 0 Å². The van der Waals surface area contributed by atoms with Gasteiger partial charge in [0.05, 0.1) is 10.8 Å². The maximum atomic E-state index is 13.3. The summed E-state index contributed by atoms with van der Waals surface area (Å²) < 4.78 is 26.4. The quantitative estimate of drug-likeness (QED) is 0.418. The summed E-state index contributed by atoms with van der Waals surface area (Å²) in [5, 5.41) is 3.79. The van der Waals surface area contributed by atoms with Crippen molar-refractivity contribution < 1.29 is 13.6 Å². The molecule has 0 radical (unpaired) electrons. The Morgan fingerprint density at radius 3 is 2.60 bits per heavy atom. The van der Waals surface area contributed by atoms with Crippen LogP contribution in [0.4, 0.5) is 14.6 Å². The number of nitrogens with zero attached hydrogens (tertiary/aromatic N) is 2. The van der Waals surface area contributed by atoms with Crippen LogP contribution in [-0.4, -0.2) is 28.0 Å². The molecule has 0 spiro atoms. The van der Waals surface area contributed by atoms with Crippen molar-refractivity contribution in [3.63, 3.8) is 0 Å². The van der Waals surface area contributed by atoms with Gasteiger partial charge in [-0.05, 0) is 37.3 Å². The molecule has 1 atom stereocenters. The maximum Gasteiger partial charge on any atom is 0.190 e. The number of anilines is 1. The van der Waals surface area contributed by atoms with E-state index in [9.17, 15) is 13.6 Å². The molecule has 0 saturated carbocycles. The summed E-state index contributed by atoms with van der Waals surface area (Å²) in [6.07, 6.45) is 0. The summed E-state index contributed by atoms with van der Waals surface area (Å²) in [4.78, 5) is 21.3. The van der Waals surface area contributed by atoms with Crippen LogP contribution in [0.3, 0.4) is 0 Å². The fourth-order valence-electron chi connectivity index (χ4n) is 2.39. The van der Waals surface area contributed by atoms with Crippen LogP contribution >= 0.6 is 11.8 Å². The summed E-state index contributed by atoms with van der Waals surface area (Å²) in [6.45, 7) is 1.69. The van der Waals surface area contributed by atoms with Crippen molar-refractivity contribution >= 4 is 34.3 Å². The first kappa shape index (κ1) is 17.3. The number of benzene rings is 2. The average molecular weight is 359 g/mol. The van der Waals surface area contributed by atoms with Crippen LogP contribution in [0.25, 0.3) is 10.9 Å². The second kappa shape index (κ2) is 7.14. The molecular weight excluding hydrogens is 344 g/mol. The van der Waals surface area contributed by atoms with Crippen LogP contribution in [0, 0.1) is 11.6 Å². The van der Waals surface area contributed by atoms with E-state index in [-0.39, 0.29) is 11.3 Å². The van der Waals surface area contributed by atoms with Gasteiger partial charge < -0.3 is 5.32 Å². The molecule has 1 heterocycles. The first-order valence-corrected chi connectivity index (χ1v) is 8.48. The molecule has 1 N–H and O–H groups in total. The van der Waals surface area contributed by atoms with Gasteiger partial charge >= 0.3 is 0 Å². The minimum absolute atomic E-state index is 0.119. The zero-order chi connectivity index (χ0) is 18.0. The number of carbonyl (C=O) groups excluding carboxylic acids is 1. The van der Waals surface area contributed by atoms with E-state index in [1.807, 2.05) is 24.3 Å². The number of rotatable bonds is 5. The third kappa shape index (κ3) is 3.61. The molecule has 0 aliphatic carbocycles. The number of thioether (sulfide) groups is 1. The molecule has 4 nitrogen and oxygen atoms in total. The fraction of sp³-hybridized carbons (Fsp3) is 0.167. The van der Waals surface area contributed by atoms with Crippen LogP contribution in [0.1, 0.15) is 17.3 Å². The van der Waals surface area contributed by atoms with Crippen LogP contribution in [0.15, 0.2) is 47.6 Å². The molecule has 2 aromatic carbocycles. The number of halogens is 2. The Hall–Kier alpha value is -2.54. The van der Waals surface area contributed by atoms with E-state index in [4.69, 9.17) is 0 Å². The third-order valence-corrected chi connectivity index (χ3v) is 4.64. The highest BCUT2D eigenvalue weighted by atomic mass is 32.2. The molecule has 0 aliphatic heterocycles. The van der Waals surface area contributed by atoms with E-state index in [1.54, 1.807) is 14.0 Å². The first-order valence-electron chi connectivity index (χ1n) is 7.60. The number of Topliss-reactive ketones (excluding diaryl/α,β-unsaturated/α-hetero) is 1. The summed E-state index contributed by atoms with van der Waals surface area (Å²) in [6, 6.07) is 10.7. The van der Waals surface area contributed by atoms with Crippen LogP contribution < -0.4 is 5.32 Å². The van der Waals surface area contributed by atoms with E-state index in [2.05, 4.69) is 15.3 Å². The molecule has 0 saturated heterocycles. The van der Waals surface area contributed by atoms with E-state index in [1.165, 1.54) is 17.8 Å². The smallest absolute Gasteiger partial charge is 0.190 e. The second-order valence-corrected chi connectivity index (χ2v) is 6.68. The number of fused-ring (bicyclic) bond motifs is 1. The molecule has 128 valence electrons. The Morgan fingerprint density at radius 1 is 1.12 bits per heavy atom. The Bertz CT molecular complexity index is 949. The van der Waals surface area contributed by atoms with Gasteiger partial charge in [0.1, 0.15) is 5.82 Å². The van der Waals surface area contributed by atoms with E-state index in [0.717, 1.165) is 23.0 Å². The number of hydrogen-bond donors (Lipinski definition) is 1. The van der Waals surface area contributed by atoms with Gasteiger partial charge in [-0.3, -0.25) is 4.79 Å². The zero-order valence-electron chi connectivity index (χ0n) is 13.6. The van der Waals surface area contributed by atoms with Crippen molar-refractivity contribution in [1.82, 2.24) is 9.97 Å². The number of aromatic nitrogens is 2. The van der Waals surface area contributed by atoms with Gasteiger partial charge in [-0.25, -0.2) is 18.7 Å². The molecular formula is C18H15F2N3OS. The lowest BCUT2D eigenvalue weighted by molar-refractivity contribution is 0.0993. The number of nitrogens with one attached hydrogen (secondary N) is 1. The number of carbonyl (C=O) groups is 1. The van der Waals surface area contributed by atoms with Gasteiger partial charge in [0.15, 0.2) is 22.6 Å². The van der Waals surface area contributed by atoms with Crippen molar-refractivity contribution in [1.29, 1.82) is 0 Å². The van der Waals surface area contributed by atoms with E-state index >= 15 is 0 Å². The van der Waals surface area contributed by atoms with Gasteiger partial charge in [0, 0.05) is 18.0 Å². The van der Waals surface area contributed by atoms with Gasteiger partial charge in [0.2, 0.25) is 0 Å². The Labute approximate surface area is 147 Å². The molecule has 1 aromatic heterocycles. The molecule has 7 heteroatoms. The summed E-state index contributed by atoms with van der Waals surface area (Å²) in [7, 11) is 1.76. The predicted octanol–water partition coefficient (Wildman–Crippen LogP) is 4.31. The molecule has 0 bridgehead atoms. The van der Waals surface area contributed by atoms with Gasteiger partial charge in [0.25, 0.3) is 0 Å². The topological polar surface area (TPSA) is 54.9 Å². The number of ketones is 1. The zero-order valence-corrected chi connectivity index (χ0v) is 14.4. The lowest BCUT2D eigenvalue weighted by atomic mass is 10.1. The summed E-state index contributed by atoms with van der Waals surface area (Å²) in [5.74, 6) is -1.66. The highest BCUT2D eigenvalue weighted by Gasteiger charge is 2.20. The Balaban J connectivity index is 1.87. The van der Waals surface area contributed by atoms with Gasteiger partial charge in [-0.2, -0.15) is 0 Å². The second-order valence-electron chi connectivity index (χ2n) is 5.38. The van der Waals surface area contributed by atoms with Gasteiger partial charge in [-0.15, -0.1) is 0 Å². The van der Waals surface area contributed by atoms with Crippen molar-refractivity contribution in [3.05, 3.63) is 59.7 Å². The molecule has 0 aliphatic rings. The molecule has 25 heavy (non-hydrogen) atoms. The van der Waals surface area contributed by atoms with Crippen molar-refractivity contribution in [2.45, 2.75) is 17.3 Å². The highest BCUT2D eigenvalue weighted by molar-refractivity contribution is 8.00. The molecule has 3 aromatic rings. The monoisotopic (exact) mass is 359 g/mol. The molecule has 0 fully saturated rings. The number of hydrogen-bond acceptors (Lipinski definition) is 5. The normalized spacial score (nSPS) is 12.2. The lowest BCUT2D eigenvalue weighted by Crippen LogP contribution is -2.14. The van der Waals surface area contributed by atoms with Crippen molar-refractivity contribution in [2.24, 2.45) is 0 Å². The average Bonchev–Trinajstić information content (AvgIpc) is 2.62. The third-order valence-electron chi connectivity index (χ3n) is 3.68. The van der Waals surface area contributed by atoms with E-state index < -0.39 is 16.9 Å². The minimum atomic E-state index is -1.04. The molecule has 0 amide bonds. The predicted molar refractivity (Wildman–Crippen MR) is 95.1 cm³/mol. The molecule has 1 unspecified atom stereocenters. The summed E-state index contributed by atoms with van der Waals surface area (Å²) >= 11 is 1.17. The van der Waals surface area contributed by atoms with Crippen molar-refractivity contribution in [3.8, 4) is 0 Å². The lowest BCUT2D eigenvalue weighted by Gasteiger charge is -2.12. The van der Waals surface area contributed by atoms with Gasteiger partial charge in [-0.1, -0.05) is 23.9 Å². The number of para-hydroxylation sites is 1. The van der Waals surface area contributed by atoms with E-state index in [0.29, 0.717) is 11.0 Å². The van der Waals surface area contributed by atoms with Crippen LogP contribution in [0.5, 0.6) is 0 Å².